The second-order valence-corrected chi connectivity index (χ2v) is 11.2. The fourth-order valence-electron chi connectivity index (χ4n) is 3.29. The van der Waals surface area contributed by atoms with Crippen molar-refractivity contribution >= 4 is 45.0 Å². The van der Waals surface area contributed by atoms with E-state index in [-0.39, 0.29) is 17.3 Å². The largest absolute Gasteiger partial charge is 0.497 e. The lowest BCUT2D eigenvalue weighted by atomic mass is 10.2. The maximum Gasteiger partial charge on any atom is 0.264 e. The van der Waals surface area contributed by atoms with Crippen molar-refractivity contribution in [2.45, 2.75) is 24.0 Å². The third-order valence-corrected chi connectivity index (χ3v) is 8.51. The van der Waals surface area contributed by atoms with Gasteiger partial charge in [0.1, 0.15) is 12.3 Å². The molecule has 9 heteroatoms. The van der Waals surface area contributed by atoms with Gasteiger partial charge in [0.05, 0.1) is 17.7 Å². The van der Waals surface area contributed by atoms with E-state index in [9.17, 15) is 13.2 Å². The first-order valence-corrected chi connectivity index (χ1v) is 14.1. The summed E-state index contributed by atoms with van der Waals surface area (Å²) < 4.78 is 33.1. The van der Waals surface area contributed by atoms with Gasteiger partial charge in [-0.2, -0.15) is 11.8 Å². The topological polar surface area (TPSA) is 75.7 Å². The summed E-state index contributed by atoms with van der Waals surface area (Å²) in [5.74, 6) is 1.87. The maximum atomic E-state index is 13.4. The maximum absolute atomic E-state index is 13.4. The molecule has 0 radical (unpaired) electrons. The summed E-state index contributed by atoms with van der Waals surface area (Å²) in [6.07, 6.45) is 0.758. The number of hydrogen-bond acceptors (Lipinski definition) is 5. The molecule has 0 atom stereocenters. The molecule has 0 unspecified atom stereocenters. The van der Waals surface area contributed by atoms with Gasteiger partial charge in [0.15, 0.2) is 0 Å². The number of nitrogens with zero attached hydrogens (tertiary/aromatic N) is 1. The minimum atomic E-state index is -3.94. The van der Waals surface area contributed by atoms with Gasteiger partial charge < -0.3 is 10.1 Å². The molecule has 0 spiro atoms. The molecule has 0 aliphatic heterocycles. The summed E-state index contributed by atoms with van der Waals surface area (Å²) in [5, 5.41) is 3.59. The van der Waals surface area contributed by atoms with E-state index in [1.165, 1.54) is 7.11 Å². The van der Waals surface area contributed by atoms with Gasteiger partial charge in [0.2, 0.25) is 5.91 Å². The number of methoxy groups -OCH3 is 1. The Labute approximate surface area is 216 Å². The van der Waals surface area contributed by atoms with Crippen LogP contribution in [-0.4, -0.2) is 40.3 Å². The zero-order valence-electron chi connectivity index (χ0n) is 19.7. The van der Waals surface area contributed by atoms with Gasteiger partial charge in [0.25, 0.3) is 10.0 Å². The summed E-state index contributed by atoms with van der Waals surface area (Å²) in [5.41, 5.74) is 2.42. The zero-order valence-corrected chi connectivity index (χ0v) is 22.1. The van der Waals surface area contributed by atoms with Gasteiger partial charge in [-0.25, -0.2) is 8.42 Å². The molecule has 3 aromatic rings. The van der Waals surface area contributed by atoms with Crippen molar-refractivity contribution in [2.75, 3.05) is 30.3 Å². The average molecular weight is 533 g/mol. The number of anilines is 1. The van der Waals surface area contributed by atoms with Crippen LogP contribution in [0.2, 0.25) is 5.02 Å². The molecule has 0 fully saturated rings. The molecule has 186 valence electrons. The Kier molecular flexibility index (Phi) is 9.89. The Morgan fingerprint density at radius 2 is 1.71 bits per heavy atom. The molecule has 1 amide bonds. The molecule has 0 bridgehead atoms. The van der Waals surface area contributed by atoms with Crippen molar-refractivity contribution in [3.8, 4) is 5.75 Å². The van der Waals surface area contributed by atoms with Gasteiger partial charge in [-0.1, -0.05) is 47.5 Å². The minimum Gasteiger partial charge on any atom is -0.497 e. The quantitative estimate of drug-likeness (QED) is 0.321. The highest BCUT2D eigenvalue weighted by atomic mass is 35.5. The van der Waals surface area contributed by atoms with Crippen LogP contribution in [0.3, 0.4) is 0 Å². The predicted molar refractivity (Wildman–Crippen MR) is 144 cm³/mol. The molecule has 0 aromatic heterocycles. The third-order valence-electron chi connectivity index (χ3n) is 5.26. The van der Waals surface area contributed by atoms with E-state index in [4.69, 9.17) is 16.3 Å². The summed E-state index contributed by atoms with van der Waals surface area (Å²) in [6, 6.07) is 20.9. The van der Waals surface area contributed by atoms with E-state index in [1.807, 2.05) is 31.2 Å². The Morgan fingerprint density at radius 1 is 1.03 bits per heavy atom. The molecule has 0 saturated carbocycles. The van der Waals surface area contributed by atoms with Crippen LogP contribution < -0.4 is 14.4 Å². The van der Waals surface area contributed by atoms with Crippen LogP contribution in [0.15, 0.2) is 77.7 Å². The lowest BCUT2D eigenvalue weighted by molar-refractivity contribution is -0.119. The van der Waals surface area contributed by atoms with Crippen molar-refractivity contribution in [1.29, 1.82) is 0 Å². The number of amides is 1. The second-order valence-electron chi connectivity index (χ2n) is 7.87. The van der Waals surface area contributed by atoms with Crippen LogP contribution in [0.1, 0.15) is 17.5 Å². The number of hydrogen-bond donors (Lipinski definition) is 1. The van der Waals surface area contributed by atoms with Crippen molar-refractivity contribution < 1.29 is 17.9 Å². The summed E-state index contributed by atoms with van der Waals surface area (Å²) in [7, 11) is -2.41. The lowest BCUT2D eigenvalue weighted by Gasteiger charge is -2.24. The average Bonchev–Trinajstić information content (AvgIpc) is 2.86. The van der Waals surface area contributed by atoms with Gasteiger partial charge in [0, 0.05) is 17.3 Å². The number of halogens is 1. The van der Waals surface area contributed by atoms with Crippen LogP contribution in [0, 0.1) is 6.92 Å². The number of sulfonamides is 1. The Hall–Kier alpha value is -2.68. The van der Waals surface area contributed by atoms with Crippen molar-refractivity contribution in [2.24, 2.45) is 0 Å². The van der Waals surface area contributed by atoms with Crippen molar-refractivity contribution in [1.82, 2.24) is 5.32 Å². The lowest BCUT2D eigenvalue weighted by Crippen LogP contribution is -2.41. The van der Waals surface area contributed by atoms with E-state index < -0.39 is 10.0 Å². The molecule has 1 N–H and O–H groups in total. The van der Waals surface area contributed by atoms with Crippen LogP contribution in [0.4, 0.5) is 5.69 Å². The van der Waals surface area contributed by atoms with Crippen molar-refractivity contribution in [3.05, 3.63) is 88.9 Å². The molecule has 3 aromatic carbocycles. The number of ether oxygens (including phenoxy) is 1. The molecule has 0 aliphatic carbocycles. The van der Waals surface area contributed by atoms with E-state index in [2.05, 4.69) is 5.32 Å². The predicted octanol–water partition coefficient (Wildman–Crippen LogP) is 5.29. The fourth-order valence-corrected chi connectivity index (χ4v) is 5.95. The first kappa shape index (κ1) is 26.9. The SMILES string of the molecule is COc1ccc(N(CC(=O)NCCCSCc2ccccc2Cl)S(=O)(=O)c2ccc(C)cc2)cc1. The number of nitrogens with one attached hydrogen (secondary N) is 1. The highest BCUT2D eigenvalue weighted by molar-refractivity contribution is 7.98. The van der Waals surface area contributed by atoms with E-state index in [0.717, 1.165) is 38.4 Å². The molecule has 6 nitrogen and oxygen atoms in total. The van der Waals surface area contributed by atoms with Gasteiger partial charge in [-0.05, 0) is 67.1 Å². The normalized spacial score (nSPS) is 11.2. The molecule has 0 aliphatic rings. The Bertz CT molecular complexity index is 1220. The number of aryl methyl sites for hydroxylation is 1. The third kappa shape index (κ3) is 7.65. The molecular weight excluding hydrogens is 504 g/mol. The first-order chi connectivity index (χ1) is 16.8. The van der Waals surface area contributed by atoms with Crippen LogP contribution >= 0.6 is 23.4 Å². The van der Waals surface area contributed by atoms with E-state index >= 15 is 0 Å². The Balaban J connectivity index is 1.60. The summed E-state index contributed by atoms with van der Waals surface area (Å²) >= 11 is 7.91. The van der Waals surface area contributed by atoms with Gasteiger partial charge >= 0.3 is 0 Å². The number of thioether (sulfide) groups is 1. The Morgan fingerprint density at radius 3 is 2.37 bits per heavy atom. The van der Waals surface area contributed by atoms with Gasteiger partial charge in [-0.3, -0.25) is 9.10 Å². The highest BCUT2D eigenvalue weighted by Gasteiger charge is 2.27. The van der Waals surface area contributed by atoms with Crippen LogP contribution in [0.25, 0.3) is 0 Å². The first-order valence-electron chi connectivity index (χ1n) is 11.1. The van der Waals surface area contributed by atoms with Crippen LogP contribution in [-0.2, 0) is 20.6 Å². The van der Waals surface area contributed by atoms with E-state index in [0.29, 0.717) is 18.0 Å². The minimum absolute atomic E-state index is 0.127. The number of carbonyl (C=O) groups excluding carboxylic acids is 1. The molecule has 35 heavy (non-hydrogen) atoms. The fraction of sp³-hybridized carbons (Fsp3) is 0.269. The molecule has 3 rings (SSSR count). The second kappa shape index (κ2) is 12.9. The molecular formula is C26H29ClN2O4S2. The highest BCUT2D eigenvalue weighted by Crippen LogP contribution is 2.26. The van der Waals surface area contributed by atoms with Crippen LogP contribution in [0.5, 0.6) is 5.75 Å². The monoisotopic (exact) mass is 532 g/mol. The van der Waals surface area contributed by atoms with E-state index in [1.54, 1.807) is 60.3 Å². The number of benzene rings is 3. The zero-order chi connectivity index (χ0) is 25.3. The standard InChI is InChI=1S/C26H29ClN2O4S2/c1-20-8-14-24(15-9-20)35(31,32)29(22-10-12-23(33-2)13-11-22)18-26(30)28-16-5-17-34-19-21-6-3-4-7-25(21)27/h3-4,6-15H,5,16-19H2,1-2H3,(H,28,30). The smallest absolute Gasteiger partial charge is 0.264 e. The summed E-state index contributed by atoms with van der Waals surface area (Å²) in [6.45, 7) is 2.02. The van der Waals surface area contributed by atoms with Gasteiger partial charge in [-0.15, -0.1) is 0 Å². The number of carbonyl (C=O) groups is 1. The van der Waals surface area contributed by atoms with Crippen molar-refractivity contribution in [3.63, 3.8) is 0 Å². The number of rotatable bonds is 12. The summed E-state index contributed by atoms with van der Waals surface area (Å²) in [4.78, 5) is 12.8. The molecule has 0 heterocycles. The molecule has 0 saturated heterocycles.